The lowest BCUT2D eigenvalue weighted by molar-refractivity contribution is -0.117. The highest BCUT2D eigenvalue weighted by atomic mass is 16.5. The van der Waals surface area contributed by atoms with Gasteiger partial charge in [-0.3, -0.25) is 9.59 Å². The van der Waals surface area contributed by atoms with E-state index in [4.69, 9.17) is 4.52 Å². The third kappa shape index (κ3) is 3.16. The van der Waals surface area contributed by atoms with Crippen molar-refractivity contribution in [2.24, 2.45) is 5.92 Å². The number of nitrogens with zero attached hydrogens (tertiary/aromatic N) is 1. The van der Waals surface area contributed by atoms with Gasteiger partial charge in [0.25, 0.3) is 5.91 Å². The van der Waals surface area contributed by atoms with Crippen molar-refractivity contribution in [2.75, 3.05) is 10.6 Å². The first-order valence-electron chi connectivity index (χ1n) is 7.19. The molecule has 0 unspecified atom stereocenters. The lowest BCUT2D eigenvalue weighted by atomic mass is 10.1. The Labute approximate surface area is 127 Å². The number of nitrogens with one attached hydrogen (secondary N) is 2. The molecule has 0 saturated heterocycles. The SMILES string of the molecule is Cc1cc(C(=O)Nc2ccc(C)c(NC(=O)C3CC3)c2)on1. The van der Waals surface area contributed by atoms with Crippen molar-refractivity contribution in [2.45, 2.75) is 26.7 Å². The van der Waals surface area contributed by atoms with E-state index < -0.39 is 0 Å². The van der Waals surface area contributed by atoms with Gasteiger partial charge in [-0.15, -0.1) is 0 Å². The van der Waals surface area contributed by atoms with Crippen molar-refractivity contribution >= 4 is 23.2 Å². The molecule has 1 aliphatic carbocycles. The predicted molar refractivity (Wildman–Crippen MR) is 81.7 cm³/mol. The van der Waals surface area contributed by atoms with Gasteiger partial charge >= 0.3 is 0 Å². The van der Waals surface area contributed by atoms with Gasteiger partial charge in [-0.25, -0.2) is 0 Å². The zero-order chi connectivity index (χ0) is 15.7. The quantitative estimate of drug-likeness (QED) is 0.909. The molecule has 0 spiro atoms. The maximum atomic E-state index is 12.0. The van der Waals surface area contributed by atoms with E-state index in [1.54, 1.807) is 25.1 Å². The fourth-order valence-corrected chi connectivity index (χ4v) is 2.08. The first kappa shape index (κ1) is 14.3. The molecule has 3 rings (SSSR count). The van der Waals surface area contributed by atoms with Crippen LogP contribution in [0.4, 0.5) is 11.4 Å². The Hall–Kier alpha value is -2.63. The highest BCUT2D eigenvalue weighted by Gasteiger charge is 2.29. The van der Waals surface area contributed by atoms with Crippen LogP contribution in [0.3, 0.4) is 0 Å². The second-order valence-corrected chi connectivity index (χ2v) is 5.58. The first-order chi connectivity index (χ1) is 10.5. The molecular weight excluding hydrogens is 282 g/mol. The Morgan fingerprint density at radius 1 is 1.18 bits per heavy atom. The summed E-state index contributed by atoms with van der Waals surface area (Å²) in [7, 11) is 0. The zero-order valence-electron chi connectivity index (χ0n) is 12.5. The Morgan fingerprint density at radius 3 is 2.59 bits per heavy atom. The van der Waals surface area contributed by atoms with Gasteiger partial charge in [-0.2, -0.15) is 0 Å². The normalized spacial score (nSPS) is 13.7. The average molecular weight is 299 g/mol. The molecule has 2 N–H and O–H groups in total. The summed E-state index contributed by atoms with van der Waals surface area (Å²) in [6, 6.07) is 6.95. The minimum Gasteiger partial charge on any atom is -0.351 e. The van der Waals surface area contributed by atoms with Gasteiger partial charge in [0.15, 0.2) is 0 Å². The topological polar surface area (TPSA) is 84.2 Å². The van der Waals surface area contributed by atoms with E-state index in [0.29, 0.717) is 17.1 Å². The maximum Gasteiger partial charge on any atom is 0.294 e. The fourth-order valence-electron chi connectivity index (χ4n) is 2.08. The van der Waals surface area contributed by atoms with Crippen molar-refractivity contribution < 1.29 is 14.1 Å². The van der Waals surface area contributed by atoms with E-state index in [-0.39, 0.29) is 23.5 Å². The summed E-state index contributed by atoms with van der Waals surface area (Å²) < 4.78 is 4.92. The highest BCUT2D eigenvalue weighted by molar-refractivity contribution is 6.03. The molecule has 1 fully saturated rings. The molecule has 22 heavy (non-hydrogen) atoms. The predicted octanol–water partition coefficient (Wildman–Crippen LogP) is 2.89. The molecule has 1 aromatic heterocycles. The molecule has 1 saturated carbocycles. The average Bonchev–Trinajstić information content (AvgIpc) is 3.24. The number of hydrogen-bond donors (Lipinski definition) is 2. The summed E-state index contributed by atoms with van der Waals surface area (Å²) in [5.74, 6) is -0.0437. The van der Waals surface area contributed by atoms with Crippen LogP contribution >= 0.6 is 0 Å². The number of carbonyl (C=O) groups is 2. The molecule has 0 atom stereocenters. The zero-order valence-corrected chi connectivity index (χ0v) is 12.5. The van der Waals surface area contributed by atoms with Crippen LogP contribution in [-0.4, -0.2) is 17.0 Å². The second kappa shape index (κ2) is 5.63. The van der Waals surface area contributed by atoms with Crippen molar-refractivity contribution in [3.05, 3.63) is 41.3 Å². The van der Waals surface area contributed by atoms with Gasteiger partial charge in [0, 0.05) is 23.4 Å². The molecular formula is C16H17N3O3. The van der Waals surface area contributed by atoms with Crippen LogP contribution in [0, 0.1) is 19.8 Å². The van der Waals surface area contributed by atoms with Gasteiger partial charge in [-0.05, 0) is 44.4 Å². The molecule has 2 aromatic rings. The molecule has 6 nitrogen and oxygen atoms in total. The monoisotopic (exact) mass is 299 g/mol. The summed E-state index contributed by atoms with van der Waals surface area (Å²) in [5.41, 5.74) is 2.90. The van der Waals surface area contributed by atoms with Crippen LogP contribution in [0.2, 0.25) is 0 Å². The number of aromatic nitrogens is 1. The second-order valence-electron chi connectivity index (χ2n) is 5.58. The van der Waals surface area contributed by atoms with Crippen LogP contribution in [0.5, 0.6) is 0 Å². The summed E-state index contributed by atoms with van der Waals surface area (Å²) in [6.45, 7) is 3.66. The lowest BCUT2D eigenvalue weighted by Crippen LogP contribution is -2.15. The van der Waals surface area contributed by atoms with Gasteiger partial charge in [0.05, 0.1) is 5.69 Å². The van der Waals surface area contributed by atoms with Gasteiger partial charge in [-0.1, -0.05) is 11.2 Å². The van der Waals surface area contributed by atoms with Crippen molar-refractivity contribution in [1.82, 2.24) is 5.16 Å². The summed E-state index contributed by atoms with van der Waals surface area (Å²) in [4.78, 5) is 23.9. The number of hydrogen-bond acceptors (Lipinski definition) is 4. The van der Waals surface area contributed by atoms with Crippen LogP contribution < -0.4 is 10.6 Å². The smallest absolute Gasteiger partial charge is 0.294 e. The fraction of sp³-hybridized carbons (Fsp3) is 0.312. The molecule has 1 aliphatic rings. The molecule has 2 amide bonds. The van der Waals surface area contributed by atoms with E-state index in [2.05, 4.69) is 15.8 Å². The number of rotatable bonds is 4. The maximum absolute atomic E-state index is 12.0. The van der Waals surface area contributed by atoms with Gasteiger partial charge in [0.2, 0.25) is 11.7 Å². The van der Waals surface area contributed by atoms with Crippen LogP contribution in [0.15, 0.2) is 28.8 Å². The highest BCUT2D eigenvalue weighted by Crippen LogP contribution is 2.31. The van der Waals surface area contributed by atoms with E-state index in [1.165, 1.54) is 0 Å². The molecule has 0 bridgehead atoms. The summed E-state index contributed by atoms with van der Waals surface area (Å²) >= 11 is 0. The van der Waals surface area contributed by atoms with Crippen LogP contribution in [0.1, 0.15) is 34.7 Å². The number of anilines is 2. The number of carbonyl (C=O) groups excluding carboxylic acids is 2. The summed E-state index contributed by atoms with van der Waals surface area (Å²) in [5, 5.41) is 9.32. The Morgan fingerprint density at radius 2 is 1.95 bits per heavy atom. The third-order valence-corrected chi connectivity index (χ3v) is 3.55. The van der Waals surface area contributed by atoms with Crippen LogP contribution in [-0.2, 0) is 4.79 Å². The van der Waals surface area contributed by atoms with Crippen molar-refractivity contribution in [3.8, 4) is 0 Å². The van der Waals surface area contributed by atoms with E-state index in [0.717, 1.165) is 18.4 Å². The summed E-state index contributed by atoms with van der Waals surface area (Å²) in [6.07, 6.45) is 1.90. The number of benzene rings is 1. The third-order valence-electron chi connectivity index (χ3n) is 3.55. The molecule has 1 aromatic carbocycles. The number of aryl methyl sites for hydroxylation is 2. The Balaban J connectivity index is 1.73. The standard InChI is InChI=1S/C16H17N3O3/c1-9-3-6-12(8-13(9)18-15(20)11-4-5-11)17-16(21)14-7-10(2)19-22-14/h3,6-8,11H,4-5H2,1-2H3,(H,17,21)(H,18,20). The molecule has 1 heterocycles. The molecule has 0 radical (unpaired) electrons. The van der Waals surface area contributed by atoms with Crippen molar-refractivity contribution in [1.29, 1.82) is 0 Å². The number of amides is 2. The van der Waals surface area contributed by atoms with E-state index in [9.17, 15) is 9.59 Å². The lowest BCUT2D eigenvalue weighted by Gasteiger charge is -2.10. The first-order valence-corrected chi connectivity index (χ1v) is 7.19. The van der Waals surface area contributed by atoms with Crippen molar-refractivity contribution in [3.63, 3.8) is 0 Å². The van der Waals surface area contributed by atoms with Gasteiger partial charge in [0.1, 0.15) is 0 Å². The Kier molecular flexibility index (Phi) is 3.66. The van der Waals surface area contributed by atoms with E-state index in [1.807, 2.05) is 13.0 Å². The minimum atomic E-state index is -0.371. The van der Waals surface area contributed by atoms with Gasteiger partial charge < -0.3 is 15.2 Å². The van der Waals surface area contributed by atoms with Crippen LogP contribution in [0.25, 0.3) is 0 Å². The molecule has 114 valence electrons. The minimum absolute atomic E-state index is 0.0393. The largest absolute Gasteiger partial charge is 0.351 e. The van der Waals surface area contributed by atoms with E-state index >= 15 is 0 Å². The Bertz CT molecular complexity index is 732. The molecule has 0 aliphatic heterocycles. The molecule has 6 heteroatoms.